The molecule has 0 aliphatic heterocycles. The summed E-state index contributed by atoms with van der Waals surface area (Å²) < 4.78 is 36.2. The minimum atomic E-state index is -1.05. The van der Waals surface area contributed by atoms with Crippen LogP contribution >= 0.6 is 11.6 Å². The number of carbonyl (C=O) groups excluding carboxylic acids is 2. The highest BCUT2D eigenvalue weighted by Crippen LogP contribution is 2.40. The van der Waals surface area contributed by atoms with E-state index >= 15 is 0 Å². The molecule has 3 aromatic carbocycles. The summed E-state index contributed by atoms with van der Waals surface area (Å²) in [7, 11) is 3.18. The standard InChI is InChI=1S/C29H31ClFNO6/c1-5-37-17-19-15-24(35-3)26(25(16-19)36-4)20-12-10-18(11-13-20)14-23(29(34)38-6-2)32-28(33)27-21(30)8-7-9-22(27)31/h7-13,15-16,23H,5-6,14,17H2,1-4H3,(H,32,33)/t23-/m0/s1. The smallest absolute Gasteiger partial charge is 0.328 e. The van der Waals surface area contributed by atoms with Gasteiger partial charge in [-0.15, -0.1) is 0 Å². The average Bonchev–Trinajstić information content (AvgIpc) is 2.91. The van der Waals surface area contributed by atoms with Gasteiger partial charge in [0.1, 0.15) is 23.4 Å². The molecular formula is C29H31ClFNO6. The Balaban J connectivity index is 1.87. The first kappa shape index (κ1) is 28.9. The number of hydrogen-bond acceptors (Lipinski definition) is 6. The molecule has 0 saturated carbocycles. The molecule has 1 atom stereocenters. The molecule has 0 fully saturated rings. The summed E-state index contributed by atoms with van der Waals surface area (Å²) in [5.74, 6) is -0.956. The Morgan fingerprint density at radius 1 is 0.947 bits per heavy atom. The van der Waals surface area contributed by atoms with Gasteiger partial charge < -0.3 is 24.3 Å². The fraction of sp³-hybridized carbons (Fsp3) is 0.310. The van der Waals surface area contributed by atoms with Gasteiger partial charge in [-0.1, -0.05) is 41.9 Å². The van der Waals surface area contributed by atoms with Crippen molar-refractivity contribution in [3.8, 4) is 22.6 Å². The summed E-state index contributed by atoms with van der Waals surface area (Å²) in [6.45, 7) is 4.75. The van der Waals surface area contributed by atoms with E-state index in [0.717, 1.165) is 28.3 Å². The number of halogens is 2. The zero-order valence-corrected chi connectivity index (χ0v) is 22.6. The van der Waals surface area contributed by atoms with Crippen molar-refractivity contribution in [1.82, 2.24) is 5.32 Å². The number of carbonyl (C=O) groups is 2. The van der Waals surface area contributed by atoms with Crippen molar-refractivity contribution < 1.29 is 32.9 Å². The molecule has 0 saturated heterocycles. The van der Waals surface area contributed by atoms with Crippen LogP contribution in [0.3, 0.4) is 0 Å². The molecule has 1 N–H and O–H groups in total. The maximum Gasteiger partial charge on any atom is 0.328 e. The van der Waals surface area contributed by atoms with E-state index in [1.807, 2.05) is 43.3 Å². The van der Waals surface area contributed by atoms with Crippen LogP contribution in [0.5, 0.6) is 11.5 Å². The van der Waals surface area contributed by atoms with Crippen molar-refractivity contribution in [3.63, 3.8) is 0 Å². The first-order valence-electron chi connectivity index (χ1n) is 12.2. The van der Waals surface area contributed by atoms with E-state index in [-0.39, 0.29) is 23.6 Å². The Morgan fingerprint density at radius 2 is 1.61 bits per heavy atom. The van der Waals surface area contributed by atoms with E-state index < -0.39 is 23.7 Å². The van der Waals surface area contributed by atoms with Crippen LogP contribution in [0.1, 0.15) is 35.3 Å². The summed E-state index contributed by atoms with van der Waals surface area (Å²) >= 11 is 6.02. The Bertz CT molecular complexity index is 1220. The number of esters is 1. The van der Waals surface area contributed by atoms with Crippen LogP contribution in [0.15, 0.2) is 54.6 Å². The molecule has 0 aliphatic carbocycles. The van der Waals surface area contributed by atoms with E-state index in [2.05, 4.69) is 5.32 Å². The second-order valence-electron chi connectivity index (χ2n) is 8.29. The van der Waals surface area contributed by atoms with Crippen LogP contribution in [-0.2, 0) is 27.3 Å². The number of nitrogens with one attached hydrogen (secondary N) is 1. The molecule has 0 spiro atoms. The van der Waals surface area contributed by atoms with Gasteiger partial charge in [0, 0.05) is 13.0 Å². The van der Waals surface area contributed by atoms with Crippen molar-refractivity contribution in [1.29, 1.82) is 0 Å². The third-order valence-electron chi connectivity index (χ3n) is 5.79. The number of methoxy groups -OCH3 is 2. The largest absolute Gasteiger partial charge is 0.496 e. The predicted octanol–water partition coefficient (Wildman–Crippen LogP) is 5.60. The van der Waals surface area contributed by atoms with Crippen molar-refractivity contribution in [2.45, 2.75) is 32.9 Å². The number of rotatable bonds is 12. The Morgan fingerprint density at radius 3 is 2.16 bits per heavy atom. The molecule has 1 amide bonds. The van der Waals surface area contributed by atoms with Crippen LogP contribution in [0.2, 0.25) is 5.02 Å². The lowest BCUT2D eigenvalue weighted by Crippen LogP contribution is -2.43. The van der Waals surface area contributed by atoms with Gasteiger partial charge in [0.05, 0.1) is 43.6 Å². The molecule has 3 aromatic rings. The summed E-state index contributed by atoms with van der Waals surface area (Å²) in [6, 6.07) is 14.1. The summed E-state index contributed by atoms with van der Waals surface area (Å²) in [6.07, 6.45) is 0.124. The number of ether oxygens (including phenoxy) is 4. The van der Waals surface area contributed by atoms with Crippen molar-refractivity contribution in [2.75, 3.05) is 27.4 Å². The minimum absolute atomic E-state index is 0.0513. The van der Waals surface area contributed by atoms with Gasteiger partial charge in [-0.25, -0.2) is 9.18 Å². The van der Waals surface area contributed by atoms with Crippen LogP contribution in [0.25, 0.3) is 11.1 Å². The highest BCUT2D eigenvalue weighted by Gasteiger charge is 2.26. The molecular weight excluding hydrogens is 513 g/mol. The van der Waals surface area contributed by atoms with Crippen LogP contribution in [-0.4, -0.2) is 45.4 Å². The van der Waals surface area contributed by atoms with Gasteiger partial charge in [0.2, 0.25) is 0 Å². The Labute approximate surface area is 226 Å². The van der Waals surface area contributed by atoms with Crippen molar-refractivity contribution >= 4 is 23.5 Å². The predicted molar refractivity (Wildman–Crippen MR) is 143 cm³/mol. The number of benzene rings is 3. The van der Waals surface area contributed by atoms with Gasteiger partial charge >= 0.3 is 5.97 Å². The molecule has 7 nitrogen and oxygen atoms in total. The third-order valence-corrected chi connectivity index (χ3v) is 6.10. The molecule has 202 valence electrons. The highest BCUT2D eigenvalue weighted by atomic mass is 35.5. The monoisotopic (exact) mass is 543 g/mol. The molecule has 0 aromatic heterocycles. The maximum absolute atomic E-state index is 14.3. The summed E-state index contributed by atoms with van der Waals surface area (Å²) in [5.41, 5.74) is 2.94. The van der Waals surface area contributed by atoms with E-state index in [1.54, 1.807) is 21.1 Å². The lowest BCUT2D eigenvalue weighted by atomic mass is 9.98. The van der Waals surface area contributed by atoms with Crippen molar-refractivity contribution in [3.05, 3.63) is 82.1 Å². The number of amides is 1. The lowest BCUT2D eigenvalue weighted by Gasteiger charge is -2.19. The average molecular weight is 544 g/mol. The summed E-state index contributed by atoms with van der Waals surface area (Å²) in [5, 5.41) is 2.51. The molecule has 0 unspecified atom stereocenters. The second kappa shape index (κ2) is 13.8. The quantitative estimate of drug-likeness (QED) is 0.299. The molecule has 38 heavy (non-hydrogen) atoms. The van der Waals surface area contributed by atoms with Gasteiger partial charge in [-0.3, -0.25) is 4.79 Å². The van der Waals surface area contributed by atoms with Gasteiger partial charge in [0.15, 0.2) is 0 Å². The van der Waals surface area contributed by atoms with Crippen LogP contribution in [0, 0.1) is 5.82 Å². The molecule has 0 bridgehead atoms. The van der Waals surface area contributed by atoms with Gasteiger partial charge in [-0.2, -0.15) is 0 Å². The topological polar surface area (TPSA) is 83.1 Å². The highest BCUT2D eigenvalue weighted by molar-refractivity contribution is 6.33. The fourth-order valence-electron chi connectivity index (χ4n) is 3.98. The molecule has 0 aliphatic rings. The first-order valence-corrected chi connectivity index (χ1v) is 12.5. The number of hydrogen-bond donors (Lipinski definition) is 1. The van der Waals surface area contributed by atoms with Crippen molar-refractivity contribution in [2.24, 2.45) is 0 Å². The van der Waals surface area contributed by atoms with E-state index in [1.165, 1.54) is 12.1 Å². The zero-order valence-electron chi connectivity index (χ0n) is 21.8. The van der Waals surface area contributed by atoms with E-state index in [4.69, 9.17) is 30.5 Å². The van der Waals surface area contributed by atoms with Crippen LogP contribution in [0.4, 0.5) is 4.39 Å². The van der Waals surface area contributed by atoms with Gasteiger partial charge in [-0.05, 0) is 54.8 Å². The summed E-state index contributed by atoms with van der Waals surface area (Å²) in [4.78, 5) is 25.4. The normalized spacial score (nSPS) is 11.5. The van der Waals surface area contributed by atoms with Crippen LogP contribution < -0.4 is 14.8 Å². The fourth-order valence-corrected chi connectivity index (χ4v) is 4.23. The Kier molecular flexibility index (Phi) is 10.5. The SMILES string of the molecule is CCOCc1cc(OC)c(-c2ccc(C[C@H](NC(=O)c3c(F)cccc3Cl)C(=O)OCC)cc2)c(OC)c1. The van der Waals surface area contributed by atoms with E-state index in [9.17, 15) is 14.0 Å². The molecule has 9 heteroatoms. The molecule has 3 rings (SSSR count). The lowest BCUT2D eigenvalue weighted by molar-refractivity contribution is -0.145. The van der Waals surface area contributed by atoms with E-state index in [0.29, 0.717) is 24.7 Å². The zero-order chi connectivity index (χ0) is 27.7. The second-order valence-corrected chi connectivity index (χ2v) is 8.70. The minimum Gasteiger partial charge on any atom is -0.496 e. The first-order chi connectivity index (χ1) is 18.3. The Hall–Kier alpha value is -3.62. The third kappa shape index (κ3) is 7.02. The molecule has 0 radical (unpaired) electrons. The maximum atomic E-state index is 14.3. The van der Waals surface area contributed by atoms with Gasteiger partial charge in [0.25, 0.3) is 5.91 Å². The molecule has 0 heterocycles.